The summed E-state index contributed by atoms with van der Waals surface area (Å²) in [6, 6.07) is 14.3. The SMILES string of the molecule is O=C(CCCc1nc(-c2cccs2)no1)Nc1ccccc1C(=O)NCc1ccco1. The summed E-state index contributed by atoms with van der Waals surface area (Å²) >= 11 is 1.54. The third kappa shape index (κ3) is 5.46. The number of furan rings is 1. The van der Waals surface area contributed by atoms with Crippen LogP contribution in [0.3, 0.4) is 0 Å². The van der Waals surface area contributed by atoms with E-state index in [-0.39, 0.29) is 24.8 Å². The second-order valence-electron chi connectivity index (χ2n) is 6.70. The first-order chi connectivity index (χ1) is 15.2. The van der Waals surface area contributed by atoms with E-state index < -0.39 is 0 Å². The van der Waals surface area contributed by atoms with E-state index in [1.165, 1.54) is 11.3 Å². The van der Waals surface area contributed by atoms with Crippen LogP contribution in [-0.2, 0) is 17.8 Å². The number of hydrogen-bond donors (Lipinski definition) is 2. The number of aromatic nitrogens is 2. The van der Waals surface area contributed by atoms with Crippen molar-refractivity contribution in [2.24, 2.45) is 0 Å². The minimum atomic E-state index is -0.292. The van der Waals surface area contributed by atoms with Gasteiger partial charge >= 0.3 is 0 Å². The van der Waals surface area contributed by atoms with Crippen molar-refractivity contribution in [3.63, 3.8) is 0 Å². The molecule has 0 aliphatic carbocycles. The molecule has 4 aromatic rings. The molecule has 2 N–H and O–H groups in total. The molecule has 0 spiro atoms. The highest BCUT2D eigenvalue weighted by molar-refractivity contribution is 7.13. The molecular weight excluding hydrogens is 416 g/mol. The molecule has 0 saturated carbocycles. The van der Waals surface area contributed by atoms with Crippen LogP contribution < -0.4 is 10.6 Å². The second-order valence-corrected chi connectivity index (χ2v) is 7.65. The van der Waals surface area contributed by atoms with E-state index in [4.69, 9.17) is 8.94 Å². The van der Waals surface area contributed by atoms with Crippen LogP contribution in [0.1, 0.15) is 34.9 Å². The number of anilines is 1. The van der Waals surface area contributed by atoms with Crippen molar-refractivity contribution in [1.29, 1.82) is 0 Å². The Morgan fingerprint density at radius 2 is 1.97 bits per heavy atom. The largest absolute Gasteiger partial charge is 0.467 e. The number of amides is 2. The van der Waals surface area contributed by atoms with E-state index in [2.05, 4.69) is 20.8 Å². The van der Waals surface area contributed by atoms with Gasteiger partial charge < -0.3 is 19.6 Å². The number of hydrogen-bond acceptors (Lipinski definition) is 7. The maximum atomic E-state index is 12.5. The van der Waals surface area contributed by atoms with Crippen molar-refractivity contribution < 1.29 is 18.5 Å². The molecule has 9 heteroatoms. The molecule has 2 amide bonds. The number of carbonyl (C=O) groups is 2. The van der Waals surface area contributed by atoms with E-state index in [9.17, 15) is 9.59 Å². The highest BCUT2D eigenvalue weighted by Gasteiger charge is 2.14. The van der Waals surface area contributed by atoms with Crippen LogP contribution in [0, 0.1) is 0 Å². The highest BCUT2D eigenvalue weighted by Crippen LogP contribution is 2.22. The Morgan fingerprint density at radius 3 is 2.77 bits per heavy atom. The molecule has 0 bridgehead atoms. The van der Waals surface area contributed by atoms with Crippen molar-refractivity contribution in [3.8, 4) is 10.7 Å². The number of para-hydroxylation sites is 1. The maximum Gasteiger partial charge on any atom is 0.253 e. The highest BCUT2D eigenvalue weighted by atomic mass is 32.1. The van der Waals surface area contributed by atoms with E-state index >= 15 is 0 Å². The molecule has 0 unspecified atom stereocenters. The minimum Gasteiger partial charge on any atom is -0.467 e. The Morgan fingerprint density at radius 1 is 1.06 bits per heavy atom. The molecule has 4 rings (SSSR count). The predicted octanol–water partition coefficient (Wildman–Crippen LogP) is 4.28. The van der Waals surface area contributed by atoms with Gasteiger partial charge in [0.2, 0.25) is 17.6 Å². The van der Waals surface area contributed by atoms with Gasteiger partial charge in [-0.05, 0) is 42.1 Å². The summed E-state index contributed by atoms with van der Waals surface area (Å²) in [7, 11) is 0. The van der Waals surface area contributed by atoms with Crippen LogP contribution in [0.5, 0.6) is 0 Å². The summed E-state index contributed by atoms with van der Waals surface area (Å²) in [5.41, 5.74) is 0.849. The zero-order valence-electron chi connectivity index (χ0n) is 16.5. The number of carbonyl (C=O) groups excluding carboxylic acids is 2. The van der Waals surface area contributed by atoms with Crippen LogP contribution >= 0.6 is 11.3 Å². The molecule has 1 aromatic carbocycles. The molecule has 0 aliphatic rings. The lowest BCUT2D eigenvalue weighted by atomic mass is 10.1. The number of aryl methyl sites for hydroxylation is 1. The molecule has 8 nitrogen and oxygen atoms in total. The summed E-state index contributed by atoms with van der Waals surface area (Å²) in [6.45, 7) is 0.270. The number of benzene rings is 1. The molecule has 0 aliphatic heterocycles. The van der Waals surface area contributed by atoms with Gasteiger partial charge in [-0.2, -0.15) is 4.98 Å². The maximum absolute atomic E-state index is 12.5. The molecule has 31 heavy (non-hydrogen) atoms. The monoisotopic (exact) mass is 436 g/mol. The number of nitrogens with zero attached hydrogens (tertiary/aromatic N) is 2. The van der Waals surface area contributed by atoms with Gasteiger partial charge in [0.15, 0.2) is 0 Å². The van der Waals surface area contributed by atoms with Gasteiger partial charge in [0, 0.05) is 12.8 Å². The van der Waals surface area contributed by atoms with E-state index in [1.807, 2.05) is 17.5 Å². The summed E-state index contributed by atoms with van der Waals surface area (Å²) in [4.78, 5) is 30.2. The number of rotatable bonds is 9. The van der Waals surface area contributed by atoms with Crippen LogP contribution in [-0.4, -0.2) is 22.0 Å². The van der Waals surface area contributed by atoms with Crippen molar-refractivity contribution in [2.75, 3.05) is 5.32 Å². The molecule has 3 heterocycles. The van der Waals surface area contributed by atoms with Gasteiger partial charge in [-0.25, -0.2) is 0 Å². The van der Waals surface area contributed by atoms with Gasteiger partial charge in [-0.3, -0.25) is 9.59 Å². The Kier molecular flexibility index (Phi) is 6.53. The minimum absolute atomic E-state index is 0.190. The van der Waals surface area contributed by atoms with Crippen molar-refractivity contribution in [2.45, 2.75) is 25.8 Å². The fourth-order valence-electron chi connectivity index (χ4n) is 2.94. The zero-order chi connectivity index (χ0) is 21.5. The molecule has 0 atom stereocenters. The molecule has 3 aromatic heterocycles. The van der Waals surface area contributed by atoms with Gasteiger partial charge in [0.05, 0.1) is 28.9 Å². The lowest BCUT2D eigenvalue weighted by Crippen LogP contribution is -2.24. The lowest BCUT2D eigenvalue weighted by Gasteiger charge is -2.11. The van der Waals surface area contributed by atoms with Crippen LogP contribution in [0.25, 0.3) is 10.7 Å². The Bertz CT molecular complexity index is 1140. The average Bonchev–Trinajstić information content (AvgIpc) is 3.55. The van der Waals surface area contributed by atoms with E-state index in [1.54, 1.807) is 42.7 Å². The summed E-state index contributed by atoms with van der Waals surface area (Å²) in [5.74, 6) is 1.22. The fourth-order valence-corrected chi connectivity index (χ4v) is 3.59. The Hall–Kier alpha value is -3.72. The van der Waals surface area contributed by atoms with Crippen LogP contribution in [0.4, 0.5) is 5.69 Å². The summed E-state index contributed by atoms with van der Waals surface area (Å²) < 4.78 is 10.5. The predicted molar refractivity (Wildman–Crippen MR) is 115 cm³/mol. The van der Waals surface area contributed by atoms with Crippen LogP contribution in [0.15, 0.2) is 69.1 Å². The molecule has 0 fully saturated rings. The standard InChI is InChI=1S/C22H20N4O4S/c27-19(10-3-11-20-25-21(26-30-20)18-9-5-13-31-18)24-17-8-2-1-7-16(17)22(28)23-14-15-6-4-12-29-15/h1-2,4-9,12-13H,3,10-11,14H2,(H,23,28)(H,24,27). The summed E-state index contributed by atoms with van der Waals surface area (Å²) in [6.07, 6.45) is 2.86. The second kappa shape index (κ2) is 9.86. The van der Waals surface area contributed by atoms with Crippen molar-refractivity contribution in [1.82, 2.24) is 15.5 Å². The van der Waals surface area contributed by atoms with Gasteiger partial charge in [-0.1, -0.05) is 23.4 Å². The Labute approximate surface area is 182 Å². The van der Waals surface area contributed by atoms with Crippen molar-refractivity contribution >= 4 is 28.8 Å². The number of thiophene rings is 1. The first-order valence-corrected chi connectivity index (χ1v) is 10.6. The quantitative estimate of drug-likeness (QED) is 0.405. The Balaban J connectivity index is 1.28. The normalized spacial score (nSPS) is 10.7. The molecule has 0 saturated heterocycles. The zero-order valence-corrected chi connectivity index (χ0v) is 17.4. The first-order valence-electron chi connectivity index (χ1n) is 9.75. The first kappa shape index (κ1) is 20.5. The summed E-state index contributed by atoms with van der Waals surface area (Å²) in [5, 5.41) is 11.5. The van der Waals surface area contributed by atoms with E-state index in [0.29, 0.717) is 41.6 Å². The van der Waals surface area contributed by atoms with Crippen LogP contribution in [0.2, 0.25) is 0 Å². The number of nitrogens with one attached hydrogen (secondary N) is 2. The van der Waals surface area contributed by atoms with Crippen molar-refractivity contribution in [3.05, 3.63) is 77.4 Å². The van der Waals surface area contributed by atoms with Gasteiger partial charge in [0.1, 0.15) is 5.76 Å². The fraction of sp³-hybridized carbons (Fsp3) is 0.182. The lowest BCUT2D eigenvalue weighted by molar-refractivity contribution is -0.116. The smallest absolute Gasteiger partial charge is 0.253 e. The average molecular weight is 436 g/mol. The van der Waals surface area contributed by atoms with Gasteiger partial charge in [0.25, 0.3) is 5.91 Å². The molecule has 0 radical (unpaired) electrons. The molecular formula is C22H20N4O4S. The van der Waals surface area contributed by atoms with Gasteiger partial charge in [-0.15, -0.1) is 11.3 Å². The third-order valence-corrected chi connectivity index (χ3v) is 5.32. The molecule has 158 valence electrons. The third-order valence-electron chi connectivity index (χ3n) is 4.45. The van der Waals surface area contributed by atoms with E-state index in [0.717, 1.165) is 4.88 Å². The topological polar surface area (TPSA) is 110 Å².